The molecule has 2 aromatic heterocycles. The van der Waals surface area contributed by atoms with Crippen molar-refractivity contribution < 1.29 is 4.52 Å². The summed E-state index contributed by atoms with van der Waals surface area (Å²) < 4.78 is 5.27. The van der Waals surface area contributed by atoms with Gasteiger partial charge in [-0.2, -0.15) is 10.2 Å². The first kappa shape index (κ1) is 13.3. The van der Waals surface area contributed by atoms with Crippen LogP contribution in [0.1, 0.15) is 11.1 Å². The summed E-state index contributed by atoms with van der Waals surface area (Å²) in [6, 6.07) is 10.8. The molecule has 0 saturated heterocycles. The van der Waals surface area contributed by atoms with Crippen LogP contribution in [0.5, 0.6) is 0 Å². The van der Waals surface area contributed by atoms with Crippen LogP contribution in [0.25, 0.3) is 23.0 Å². The predicted molar refractivity (Wildman–Crippen MR) is 77.4 cm³/mol. The second-order valence-electron chi connectivity index (χ2n) is 4.43. The lowest BCUT2D eigenvalue weighted by atomic mass is 10.1. The van der Waals surface area contributed by atoms with E-state index >= 15 is 0 Å². The molecule has 3 rings (SSSR count). The Labute approximate surface area is 125 Å². The summed E-state index contributed by atoms with van der Waals surface area (Å²) in [4.78, 5) is 8.48. The molecular formula is C15H9ClN4O. The van der Waals surface area contributed by atoms with Gasteiger partial charge in [-0.3, -0.25) is 4.98 Å². The second kappa shape index (κ2) is 5.35. The third kappa shape index (κ3) is 2.62. The number of pyridine rings is 1. The molecule has 102 valence electrons. The van der Waals surface area contributed by atoms with Crippen molar-refractivity contribution in [3.63, 3.8) is 0 Å². The Morgan fingerprint density at radius 1 is 1.24 bits per heavy atom. The van der Waals surface area contributed by atoms with Crippen LogP contribution in [0.2, 0.25) is 5.02 Å². The topological polar surface area (TPSA) is 75.6 Å². The molecule has 0 fully saturated rings. The van der Waals surface area contributed by atoms with E-state index in [0.29, 0.717) is 28.0 Å². The Morgan fingerprint density at radius 3 is 2.76 bits per heavy atom. The molecule has 3 aromatic rings. The number of nitrogens with zero attached hydrogens (tertiary/aromatic N) is 4. The average Bonchev–Trinajstić information content (AvgIpc) is 2.97. The monoisotopic (exact) mass is 296 g/mol. The average molecular weight is 297 g/mol. The van der Waals surface area contributed by atoms with Gasteiger partial charge in [-0.25, -0.2) is 0 Å². The minimum absolute atomic E-state index is 0.392. The van der Waals surface area contributed by atoms with Crippen LogP contribution in [0.4, 0.5) is 0 Å². The highest BCUT2D eigenvalue weighted by Gasteiger charge is 2.13. The van der Waals surface area contributed by atoms with Crippen molar-refractivity contribution in [1.82, 2.24) is 15.1 Å². The van der Waals surface area contributed by atoms with Crippen molar-refractivity contribution in [1.29, 1.82) is 5.26 Å². The molecule has 0 atom stereocenters. The molecule has 0 amide bonds. The molecule has 0 radical (unpaired) electrons. The Morgan fingerprint density at radius 2 is 2.10 bits per heavy atom. The Kier molecular flexibility index (Phi) is 3.38. The third-order valence-electron chi connectivity index (χ3n) is 2.97. The van der Waals surface area contributed by atoms with Crippen LogP contribution in [-0.2, 0) is 0 Å². The first-order valence-corrected chi connectivity index (χ1v) is 6.52. The molecule has 0 unspecified atom stereocenters. The van der Waals surface area contributed by atoms with Gasteiger partial charge >= 0.3 is 0 Å². The number of hydrogen-bond acceptors (Lipinski definition) is 5. The molecule has 0 bridgehead atoms. The number of aromatic nitrogens is 3. The van der Waals surface area contributed by atoms with Gasteiger partial charge in [0.2, 0.25) is 5.82 Å². The smallest absolute Gasteiger partial charge is 0.258 e. The van der Waals surface area contributed by atoms with Gasteiger partial charge in [0.1, 0.15) is 5.69 Å². The molecule has 5 nitrogen and oxygen atoms in total. The summed E-state index contributed by atoms with van der Waals surface area (Å²) in [6.07, 6.45) is 1.53. The maximum Gasteiger partial charge on any atom is 0.258 e. The number of halogens is 1. The normalized spacial score (nSPS) is 10.3. The molecule has 0 aliphatic carbocycles. The van der Waals surface area contributed by atoms with Crippen molar-refractivity contribution in [2.45, 2.75) is 6.92 Å². The molecular weight excluding hydrogens is 288 g/mol. The molecule has 0 spiro atoms. The third-order valence-corrected chi connectivity index (χ3v) is 3.19. The molecule has 21 heavy (non-hydrogen) atoms. The summed E-state index contributed by atoms with van der Waals surface area (Å²) in [5.74, 6) is 0.786. The Balaban J connectivity index is 1.99. The van der Waals surface area contributed by atoms with Crippen LogP contribution in [-0.4, -0.2) is 15.1 Å². The van der Waals surface area contributed by atoms with Crippen LogP contribution in [0.3, 0.4) is 0 Å². The summed E-state index contributed by atoms with van der Waals surface area (Å²) >= 11 is 5.80. The van der Waals surface area contributed by atoms with E-state index in [4.69, 9.17) is 21.4 Å². The van der Waals surface area contributed by atoms with E-state index in [1.165, 1.54) is 6.20 Å². The van der Waals surface area contributed by atoms with Crippen LogP contribution < -0.4 is 0 Å². The number of benzene rings is 1. The second-order valence-corrected chi connectivity index (χ2v) is 4.86. The molecule has 2 heterocycles. The Bertz CT molecular complexity index is 834. The molecule has 0 aliphatic rings. The largest absolute Gasteiger partial charge is 0.334 e. The molecule has 0 aliphatic heterocycles. The van der Waals surface area contributed by atoms with Gasteiger partial charge in [-0.05, 0) is 42.8 Å². The van der Waals surface area contributed by atoms with Crippen molar-refractivity contribution >= 4 is 11.6 Å². The highest BCUT2D eigenvalue weighted by atomic mass is 35.5. The number of aryl methyl sites for hydroxylation is 1. The maximum atomic E-state index is 8.88. The van der Waals surface area contributed by atoms with E-state index in [1.807, 2.05) is 6.92 Å². The zero-order valence-electron chi connectivity index (χ0n) is 11.0. The number of hydrogen-bond donors (Lipinski definition) is 0. The van der Waals surface area contributed by atoms with E-state index in [9.17, 15) is 0 Å². The van der Waals surface area contributed by atoms with Crippen LogP contribution >= 0.6 is 11.6 Å². The summed E-state index contributed by atoms with van der Waals surface area (Å²) in [5.41, 5.74) is 2.87. The maximum absolute atomic E-state index is 8.88. The van der Waals surface area contributed by atoms with Gasteiger partial charge < -0.3 is 4.52 Å². The first-order chi connectivity index (χ1) is 10.2. The lowest BCUT2D eigenvalue weighted by Crippen LogP contribution is -1.87. The van der Waals surface area contributed by atoms with E-state index in [-0.39, 0.29) is 0 Å². The quantitative estimate of drug-likeness (QED) is 0.721. The van der Waals surface area contributed by atoms with Gasteiger partial charge in [-0.1, -0.05) is 16.8 Å². The fraction of sp³-hybridized carbons (Fsp3) is 0.0667. The van der Waals surface area contributed by atoms with Gasteiger partial charge in [-0.15, -0.1) is 0 Å². The van der Waals surface area contributed by atoms with Gasteiger partial charge in [0.05, 0.1) is 16.7 Å². The van der Waals surface area contributed by atoms with Gasteiger partial charge in [0.15, 0.2) is 0 Å². The van der Waals surface area contributed by atoms with Crippen molar-refractivity contribution in [3.05, 3.63) is 52.7 Å². The van der Waals surface area contributed by atoms with E-state index in [2.05, 4.69) is 21.2 Å². The van der Waals surface area contributed by atoms with Crippen molar-refractivity contribution in [2.24, 2.45) is 0 Å². The number of rotatable bonds is 2. The molecule has 0 N–H and O–H groups in total. The van der Waals surface area contributed by atoms with Crippen molar-refractivity contribution in [2.75, 3.05) is 0 Å². The van der Waals surface area contributed by atoms with Crippen molar-refractivity contribution in [3.8, 4) is 29.0 Å². The lowest BCUT2D eigenvalue weighted by molar-refractivity contribution is 0.432. The summed E-state index contributed by atoms with van der Waals surface area (Å²) in [5, 5.41) is 13.3. The molecule has 6 heteroatoms. The fourth-order valence-corrected chi connectivity index (χ4v) is 2.03. The first-order valence-electron chi connectivity index (χ1n) is 6.14. The van der Waals surface area contributed by atoms with Gasteiger partial charge in [0.25, 0.3) is 5.89 Å². The summed E-state index contributed by atoms with van der Waals surface area (Å²) in [6.45, 7) is 1.89. The SMILES string of the molecule is Cc1cc(C#N)ccc1-c1nc(-c2ccc(Cl)cn2)no1. The minimum atomic E-state index is 0.392. The molecule has 0 saturated carbocycles. The van der Waals surface area contributed by atoms with Crippen LogP contribution in [0, 0.1) is 18.3 Å². The highest BCUT2D eigenvalue weighted by Crippen LogP contribution is 2.25. The van der Waals surface area contributed by atoms with E-state index in [1.54, 1.807) is 30.3 Å². The zero-order valence-corrected chi connectivity index (χ0v) is 11.8. The highest BCUT2D eigenvalue weighted by molar-refractivity contribution is 6.30. The predicted octanol–water partition coefficient (Wildman–Crippen LogP) is 3.63. The van der Waals surface area contributed by atoms with Gasteiger partial charge in [0, 0.05) is 11.8 Å². The number of nitriles is 1. The Hall–Kier alpha value is -2.71. The summed E-state index contributed by atoms with van der Waals surface area (Å²) in [7, 11) is 0. The molecule has 1 aromatic carbocycles. The zero-order chi connectivity index (χ0) is 14.8. The fourth-order valence-electron chi connectivity index (χ4n) is 1.92. The van der Waals surface area contributed by atoms with E-state index in [0.717, 1.165) is 11.1 Å². The lowest BCUT2D eigenvalue weighted by Gasteiger charge is -2.00. The van der Waals surface area contributed by atoms with E-state index < -0.39 is 0 Å². The minimum Gasteiger partial charge on any atom is -0.334 e. The standard InChI is InChI=1S/C15H9ClN4O/c1-9-6-10(7-17)2-4-12(9)15-19-14(20-21-15)13-5-3-11(16)8-18-13/h2-6,8H,1H3. The van der Waals surface area contributed by atoms with Crippen LogP contribution in [0.15, 0.2) is 41.1 Å².